The van der Waals surface area contributed by atoms with Crippen molar-refractivity contribution < 1.29 is 20.1 Å². The third-order valence-corrected chi connectivity index (χ3v) is 2.36. The molecule has 0 N–H and O–H groups in total. The van der Waals surface area contributed by atoms with Gasteiger partial charge in [-0.15, -0.1) is 35.9 Å². The molecule has 1 heterocycles. The predicted octanol–water partition coefficient (Wildman–Crippen LogP) is 3.16. The second-order valence-electron chi connectivity index (χ2n) is 3.43. The van der Waals surface area contributed by atoms with E-state index in [1.54, 1.807) is 0 Å². The third kappa shape index (κ3) is 2.74. The van der Waals surface area contributed by atoms with Crippen LogP contribution in [0.1, 0.15) is 11.1 Å². The Balaban J connectivity index is 0.00000112. The number of aromatic nitrogens is 1. The Bertz CT molecular complexity index is 438. The van der Waals surface area contributed by atoms with Gasteiger partial charge in [-0.2, -0.15) is 0 Å². The van der Waals surface area contributed by atoms with Crippen LogP contribution in [-0.4, -0.2) is 4.98 Å². The molecule has 2 aromatic rings. The molecule has 0 amide bonds. The van der Waals surface area contributed by atoms with Gasteiger partial charge in [0.05, 0.1) is 0 Å². The van der Waals surface area contributed by atoms with E-state index < -0.39 is 0 Å². The number of hydrogen-bond acceptors (Lipinski definition) is 1. The first-order valence-corrected chi connectivity index (χ1v) is 4.68. The van der Waals surface area contributed by atoms with Crippen LogP contribution < -0.4 is 0 Å². The quantitative estimate of drug-likeness (QED) is 0.699. The van der Waals surface area contributed by atoms with Crippen molar-refractivity contribution in [3.63, 3.8) is 0 Å². The normalized spacial score (nSPS) is 9.47. The molecule has 1 aromatic heterocycles. The number of nitrogens with zero attached hydrogens (tertiary/aromatic N) is 1. The van der Waals surface area contributed by atoms with Crippen molar-refractivity contribution in [3.8, 4) is 11.3 Å². The van der Waals surface area contributed by atoms with Crippen molar-refractivity contribution in [3.05, 3.63) is 53.7 Å². The molecule has 15 heavy (non-hydrogen) atoms. The second-order valence-corrected chi connectivity index (χ2v) is 3.43. The molecule has 79 valence electrons. The summed E-state index contributed by atoms with van der Waals surface area (Å²) in [5, 5.41) is 0. The SMILES string of the molecule is Cc1cnc(-c2[c-]cccc2)cc1C.[Ir]. The van der Waals surface area contributed by atoms with E-state index in [0.717, 1.165) is 11.3 Å². The van der Waals surface area contributed by atoms with E-state index in [1.807, 2.05) is 30.5 Å². The van der Waals surface area contributed by atoms with Crippen LogP contribution in [0.25, 0.3) is 11.3 Å². The smallest absolute Gasteiger partial charge is 0.0192 e. The first kappa shape index (κ1) is 12.1. The van der Waals surface area contributed by atoms with Gasteiger partial charge in [-0.1, -0.05) is 11.6 Å². The Morgan fingerprint density at radius 3 is 2.53 bits per heavy atom. The molecule has 1 aromatic carbocycles. The van der Waals surface area contributed by atoms with E-state index in [-0.39, 0.29) is 20.1 Å². The number of benzene rings is 1. The van der Waals surface area contributed by atoms with Gasteiger partial charge in [0, 0.05) is 26.3 Å². The summed E-state index contributed by atoms with van der Waals surface area (Å²) in [6.07, 6.45) is 1.91. The van der Waals surface area contributed by atoms with Gasteiger partial charge in [0.25, 0.3) is 0 Å². The Morgan fingerprint density at radius 2 is 1.93 bits per heavy atom. The summed E-state index contributed by atoms with van der Waals surface area (Å²) in [6, 6.07) is 13.2. The summed E-state index contributed by atoms with van der Waals surface area (Å²) in [4.78, 5) is 4.38. The summed E-state index contributed by atoms with van der Waals surface area (Å²) in [5.74, 6) is 0. The summed E-state index contributed by atoms with van der Waals surface area (Å²) < 4.78 is 0. The minimum Gasteiger partial charge on any atom is -0.304 e. The molecule has 0 bridgehead atoms. The maximum absolute atomic E-state index is 4.38. The van der Waals surface area contributed by atoms with Crippen LogP contribution in [0, 0.1) is 19.9 Å². The molecule has 0 aliphatic rings. The van der Waals surface area contributed by atoms with E-state index in [4.69, 9.17) is 0 Å². The van der Waals surface area contributed by atoms with E-state index in [2.05, 4.69) is 31.0 Å². The first-order chi connectivity index (χ1) is 6.77. The van der Waals surface area contributed by atoms with Crippen LogP contribution in [0.2, 0.25) is 0 Å². The van der Waals surface area contributed by atoms with Crippen molar-refractivity contribution >= 4 is 0 Å². The van der Waals surface area contributed by atoms with E-state index >= 15 is 0 Å². The third-order valence-electron chi connectivity index (χ3n) is 2.36. The molecule has 2 rings (SSSR count). The molecule has 0 unspecified atom stereocenters. The average Bonchev–Trinajstić information content (AvgIpc) is 2.23. The van der Waals surface area contributed by atoms with Crippen molar-refractivity contribution in [2.24, 2.45) is 0 Å². The average molecular weight is 374 g/mol. The van der Waals surface area contributed by atoms with Crippen molar-refractivity contribution in [1.82, 2.24) is 4.98 Å². The van der Waals surface area contributed by atoms with E-state index in [1.165, 1.54) is 11.1 Å². The molecule has 1 radical (unpaired) electrons. The summed E-state index contributed by atoms with van der Waals surface area (Å²) in [7, 11) is 0. The van der Waals surface area contributed by atoms with Gasteiger partial charge < -0.3 is 4.98 Å². The Labute approximate surface area is 104 Å². The zero-order valence-electron chi connectivity index (χ0n) is 8.74. The fourth-order valence-electron chi connectivity index (χ4n) is 1.32. The minimum atomic E-state index is 0. The van der Waals surface area contributed by atoms with Crippen LogP contribution in [0.3, 0.4) is 0 Å². The van der Waals surface area contributed by atoms with Gasteiger partial charge >= 0.3 is 0 Å². The summed E-state index contributed by atoms with van der Waals surface area (Å²) >= 11 is 0. The zero-order chi connectivity index (χ0) is 9.97. The number of pyridine rings is 1. The molecular weight excluding hydrogens is 362 g/mol. The van der Waals surface area contributed by atoms with Gasteiger partial charge in [0.1, 0.15) is 0 Å². The van der Waals surface area contributed by atoms with Crippen LogP contribution in [-0.2, 0) is 20.1 Å². The maximum atomic E-state index is 4.38. The Kier molecular flexibility index (Phi) is 4.19. The second kappa shape index (κ2) is 5.20. The largest absolute Gasteiger partial charge is 0.304 e. The van der Waals surface area contributed by atoms with Crippen LogP contribution in [0.5, 0.6) is 0 Å². The van der Waals surface area contributed by atoms with Gasteiger partial charge in [-0.3, -0.25) is 0 Å². The van der Waals surface area contributed by atoms with Crippen LogP contribution >= 0.6 is 0 Å². The van der Waals surface area contributed by atoms with Gasteiger partial charge in [0.15, 0.2) is 0 Å². The molecule has 0 aliphatic heterocycles. The Morgan fingerprint density at radius 1 is 1.13 bits per heavy atom. The number of hydrogen-bond donors (Lipinski definition) is 0. The van der Waals surface area contributed by atoms with Crippen LogP contribution in [0.15, 0.2) is 36.5 Å². The van der Waals surface area contributed by atoms with Crippen molar-refractivity contribution in [1.29, 1.82) is 0 Å². The molecule has 0 aliphatic carbocycles. The molecule has 0 atom stereocenters. The first-order valence-electron chi connectivity index (χ1n) is 4.68. The van der Waals surface area contributed by atoms with Crippen molar-refractivity contribution in [2.45, 2.75) is 13.8 Å². The topological polar surface area (TPSA) is 12.9 Å². The molecule has 1 nitrogen and oxygen atoms in total. The van der Waals surface area contributed by atoms with Crippen molar-refractivity contribution in [2.75, 3.05) is 0 Å². The van der Waals surface area contributed by atoms with Gasteiger partial charge in [-0.25, -0.2) is 0 Å². The molecule has 0 spiro atoms. The van der Waals surface area contributed by atoms with Crippen LogP contribution in [0.4, 0.5) is 0 Å². The fourth-order valence-corrected chi connectivity index (χ4v) is 1.32. The van der Waals surface area contributed by atoms with Gasteiger partial charge in [-0.05, 0) is 25.1 Å². The minimum absolute atomic E-state index is 0. The monoisotopic (exact) mass is 375 g/mol. The van der Waals surface area contributed by atoms with Gasteiger partial charge in [0.2, 0.25) is 0 Å². The number of aryl methyl sites for hydroxylation is 2. The Hall–Kier alpha value is -0.981. The van der Waals surface area contributed by atoms with E-state index in [0.29, 0.717) is 0 Å². The molecular formula is C13H12IrN-. The molecule has 0 saturated carbocycles. The molecule has 2 heteroatoms. The zero-order valence-corrected chi connectivity index (χ0v) is 11.1. The fraction of sp³-hybridized carbons (Fsp3) is 0.154. The molecule has 0 saturated heterocycles. The number of rotatable bonds is 1. The summed E-state index contributed by atoms with van der Waals surface area (Å²) in [5.41, 5.74) is 4.54. The maximum Gasteiger partial charge on any atom is 0.0192 e. The standard InChI is InChI=1S/C13H12N.Ir/c1-10-8-13(14-9-11(10)2)12-6-4-3-5-7-12;/h3-6,8-9H,1-2H3;/q-1;. The summed E-state index contributed by atoms with van der Waals surface area (Å²) in [6.45, 7) is 4.17. The predicted molar refractivity (Wildman–Crippen MR) is 58.0 cm³/mol. The molecule has 0 fully saturated rings. The van der Waals surface area contributed by atoms with E-state index in [9.17, 15) is 0 Å².